The number of nitrogens with zero attached hydrogens (tertiary/aromatic N) is 1. The van der Waals surface area contributed by atoms with Crippen LogP contribution in [0.4, 0.5) is 10.5 Å². The highest BCUT2D eigenvalue weighted by molar-refractivity contribution is 6.02. The summed E-state index contributed by atoms with van der Waals surface area (Å²) in [5.74, 6) is 2.30. The summed E-state index contributed by atoms with van der Waals surface area (Å²) in [6.45, 7) is 3.96. The van der Waals surface area contributed by atoms with E-state index in [1.54, 1.807) is 0 Å². The first-order chi connectivity index (χ1) is 8.54. The van der Waals surface area contributed by atoms with Crippen LogP contribution in [0.1, 0.15) is 11.1 Å². The minimum atomic E-state index is -0.439. The number of terminal acetylenes is 1. The molecule has 0 saturated heterocycles. The Morgan fingerprint density at radius 1 is 1.35 bits per heavy atom. The predicted octanol–water partition coefficient (Wildman–Crippen LogP) is 2.22. The van der Waals surface area contributed by atoms with Gasteiger partial charge in [0.15, 0.2) is 5.96 Å². The average Bonchev–Trinajstić information content (AvgIpc) is 2.31. The Morgan fingerprint density at radius 2 is 1.90 bits per heavy atom. The summed E-state index contributed by atoms with van der Waals surface area (Å²) in [5, 5.41) is 5.12. The van der Waals surface area contributed by atoms with Crippen LogP contribution in [0, 0.1) is 26.2 Å². The monoisotopic (exact) mass is 316 g/mol. The lowest BCUT2D eigenvalue weighted by Crippen LogP contribution is -2.39. The van der Waals surface area contributed by atoms with Crippen LogP contribution in [0.25, 0.3) is 0 Å². The molecule has 0 spiro atoms. The number of rotatable bonds is 2. The quantitative estimate of drug-likeness (QED) is 0.444. The SMILES string of the molecule is C#CCN=C(N)NC(=O)Nc1c(C)cccc1C.Cl.Cl. The molecule has 0 unspecified atom stereocenters. The second kappa shape index (κ2) is 9.96. The van der Waals surface area contributed by atoms with Gasteiger partial charge >= 0.3 is 6.03 Å². The van der Waals surface area contributed by atoms with Gasteiger partial charge in [0.1, 0.15) is 6.54 Å². The second-order valence-electron chi connectivity index (χ2n) is 3.75. The molecule has 0 saturated carbocycles. The van der Waals surface area contributed by atoms with E-state index >= 15 is 0 Å². The topological polar surface area (TPSA) is 79.5 Å². The number of para-hydroxylation sites is 1. The van der Waals surface area contributed by atoms with Gasteiger partial charge in [-0.25, -0.2) is 9.79 Å². The molecule has 2 amide bonds. The van der Waals surface area contributed by atoms with E-state index in [-0.39, 0.29) is 37.3 Å². The Balaban J connectivity index is 0. The number of aliphatic imine (C=N–C) groups is 1. The number of guanidine groups is 1. The number of carbonyl (C=O) groups is 1. The Bertz CT molecular complexity index is 503. The normalized spacial score (nSPS) is 9.55. The van der Waals surface area contributed by atoms with Crippen LogP contribution in [-0.2, 0) is 0 Å². The molecule has 0 aliphatic rings. The standard InChI is InChI=1S/C13H16N4O.2ClH/c1-4-8-15-12(14)17-13(18)16-11-9(2)6-5-7-10(11)3;;/h1,5-7H,8H2,2-3H3,(H4,14,15,16,17,18);2*1H. The molecule has 0 heterocycles. The van der Waals surface area contributed by atoms with Gasteiger partial charge in [-0.2, -0.15) is 0 Å². The highest BCUT2D eigenvalue weighted by Gasteiger charge is 2.07. The maximum Gasteiger partial charge on any atom is 0.326 e. The third kappa shape index (κ3) is 6.32. The molecule has 110 valence electrons. The van der Waals surface area contributed by atoms with Crippen molar-refractivity contribution in [2.45, 2.75) is 13.8 Å². The van der Waals surface area contributed by atoms with Crippen molar-refractivity contribution in [3.8, 4) is 12.3 Å². The van der Waals surface area contributed by atoms with Crippen LogP contribution >= 0.6 is 24.8 Å². The summed E-state index contributed by atoms with van der Waals surface area (Å²) >= 11 is 0. The minimum absolute atomic E-state index is 0. The number of benzene rings is 1. The molecule has 0 atom stereocenters. The molecule has 4 N–H and O–H groups in total. The summed E-state index contributed by atoms with van der Waals surface area (Å²) in [6.07, 6.45) is 5.03. The summed E-state index contributed by atoms with van der Waals surface area (Å²) in [5.41, 5.74) is 8.19. The highest BCUT2D eigenvalue weighted by Crippen LogP contribution is 2.18. The molecule has 1 aromatic rings. The highest BCUT2D eigenvalue weighted by atomic mass is 35.5. The smallest absolute Gasteiger partial charge is 0.326 e. The van der Waals surface area contributed by atoms with Gasteiger partial charge in [0.2, 0.25) is 0 Å². The van der Waals surface area contributed by atoms with Crippen molar-refractivity contribution in [1.82, 2.24) is 5.32 Å². The summed E-state index contributed by atoms with van der Waals surface area (Å²) in [4.78, 5) is 15.4. The van der Waals surface area contributed by atoms with Gasteiger partial charge in [-0.1, -0.05) is 24.1 Å². The molecule has 7 heteroatoms. The predicted molar refractivity (Wildman–Crippen MR) is 87.9 cm³/mol. The summed E-state index contributed by atoms with van der Waals surface area (Å²) in [7, 11) is 0. The zero-order chi connectivity index (χ0) is 13.5. The van der Waals surface area contributed by atoms with E-state index in [0.29, 0.717) is 0 Å². The maximum absolute atomic E-state index is 11.7. The molecule has 1 rings (SSSR count). The zero-order valence-electron chi connectivity index (χ0n) is 11.3. The van der Waals surface area contributed by atoms with Gasteiger partial charge in [-0.3, -0.25) is 5.32 Å². The Kier molecular flexibility index (Phi) is 10.2. The van der Waals surface area contributed by atoms with Crippen LogP contribution in [0.3, 0.4) is 0 Å². The minimum Gasteiger partial charge on any atom is -0.370 e. The third-order valence-electron chi connectivity index (χ3n) is 2.30. The van der Waals surface area contributed by atoms with Gasteiger partial charge in [-0.05, 0) is 25.0 Å². The molecule has 0 fully saturated rings. The van der Waals surface area contributed by atoms with Crippen molar-refractivity contribution in [3.63, 3.8) is 0 Å². The number of anilines is 1. The molecule has 0 aliphatic heterocycles. The molecule has 0 aliphatic carbocycles. The Hall–Kier alpha value is -1.90. The first-order valence-corrected chi connectivity index (χ1v) is 5.42. The molecular weight excluding hydrogens is 299 g/mol. The van der Waals surface area contributed by atoms with E-state index in [1.165, 1.54) is 0 Å². The summed E-state index contributed by atoms with van der Waals surface area (Å²) < 4.78 is 0. The number of aryl methyl sites for hydroxylation is 2. The number of carbonyl (C=O) groups excluding carboxylic acids is 1. The molecule has 0 bridgehead atoms. The molecular formula is C13H18Cl2N4O. The lowest BCUT2D eigenvalue weighted by atomic mass is 10.1. The van der Waals surface area contributed by atoms with Crippen molar-refractivity contribution < 1.29 is 4.79 Å². The van der Waals surface area contributed by atoms with Crippen LogP contribution in [0.15, 0.2) is 23.2 Å². The molecule has 20 heavy (non-hydrogen) atoms. The van der Waals surface area contributed by atoms with Crippen LogP contribution in [0.2, 0.25) is 0 Å². The zero-order valence-corrected chi connectivity index (χ0v) is 12.9. The van der Waals surface area contributed by atoms with Crippen LogP contribution < -0.4 is 16.4 Å². The second-order valence-corrected chi connectivity index (χ2v) is 3.75. The van der Waals surface area contributed by atoms with Crippen molar-refractivity contribution in [1.29, 1.82) is 0 Å². The Morgan fingerprint density at radius 3 is 2.40 bits per heavy atom. The van der Waals surface area contributed by atoms with Gasteiger partial charge in [-0.15, -0.1) is 31.2 Å². The number of nitrogens with two attached hydrogens (primary N) is 1. The van der Waals surface area contributed by atoms with E-state index in [2.05, 4.69) is 21.5 Å². The fourth-order valence-corrected chi connectivity index (χ4v) is 1.44. The maximum atomic E-state index is 11.7. The van der Waals surface area contributed by atoms with Gasteiger partial charge in [0, 0.05) is 5.69 Å². The number of urea groups is 1. The average molecular weight is 317 g/mol. The van der Waals surface area contributed by atoms with Crippen LogP contribution in [-0.4, -0.2) is 18.5 Å². The van der Waals surface area contributed by atoms with Gasteiger partial charge in [0.05, 0.1) is 0 Å². The molecule has 1 aromatic carbocycles. The van der Waals surface area contributed by atoms with E-state index in [4.69, 9.17) is 12.2 Å². The fourth-order valence-electron chi connectivity index (χ4n) is 1.44. The number of nitrogens with one attached hydrogen (secondary N) is 2. The molecule has 0 radical (unpaired) electrons. The van der Waals surface area contributed by atoms with Gasteiger partial charge < -0.3 is 11.1 Å². The fraction of sp³-hybridized carbons (Fsp3) is 0.231. The number of hydrogen-bond donors (Lipinski definition) is 3. The van der Waals surface area contributed by atoms with Crippen molar-refractivity contribution in [2.75, 3.05) is 11.9 Å². The lowest BCUT2D eigenvalue weighted by Gasteiger charge is -2.11. The molecule has 0 aromatic heterocycles. The van der Waals surface area contributed by atoms with Crippen molar-refractivity contribution >= 4 is 42.5 Å². The van der Waals surface area contributed by atoms with Crippen LogP contribution in [0.5, 0.6) is 0 Å². The van der Waals surface area contributed by atoms with E-state index < -0.39 is 6.03 Å². The number of hydrogen-bond acceptors (Lipinski definition) is 2. The van der Waals surface area contributed by atoms with Gasteiger partial charge in [0.25, 0.3) is 0 Å². The van der Waals surface area contributed by atoms with E-state index in [1.807, 2.05) is 32.0 Å². The first-order valence-electron chi connectivity index (χ1n) is 5.42. The summed E-state index contributed by atoms with van der Waals surface area (Å²) in [6, 6.07) is 5.32. The third-order valence-corrected chi connectivity index (χ3v) is 2.30. The first kappa shape index (κ1) is 20.4. The molecule has 5 nitrogen and oxygen atoms in total. The van der Waals surface area contributed by atoms with E-state index in [0.717, 1.165) is 16.8 Å². The van der Waals surface area contributed by atoms with E-state index in [9.17, 15) is 4.79 Å². The Labute approximate surface area is 131 Å². The van der Waals surface area contributed by atoms with Crippen molar-refractivity contribution in [2.24, 2.45) is 10.7 Å². The largest absolute Gasteiger partial charge is 0.370 e. The van der Waals surface area contributed by atoms with Crippen molar-refractivity contribution in [3.05, 3.63) is 29.3 Å². The number of halogens is 2. The number of amides is 2. The lowest BCUT2D eigenvalue weighted by molar-refractivity contribution is 0.256.